The summed E-state index contributed by atoms with van der Waals surface area (Å²) < 4.78 is 0. The maximum atomic E-state index is 11.8. The highest BCUT2D eigenvalue weighted by Gasteiger charge is 2.20. The van der Waals surface area contributed by atoms with Gasteiger partial charge in [0.05, 0.1) is 5.25 Å². The summed E-state index contributed by atoms with van der Waals surface area (Å²) >= 11 is 1.66. The van der Waals surface area contributed by atoms with Gasteiger partial charge in [0.15, 0.2) is 0 Å². The van der Waals surface area contributed by atoms with Crippen molar-refractivity contribution in [2.75, 3.05) is 5.75 Å². The molecule has 0 radical (unpaired) electrons. The number of thioether (sulfide) groups is 1. The highest BCUT2D eigenvalue weighted by molar-refractivity contribution is 8.00. The zero-order chi connectivity index (χ0) is 12.0. The summed E-state index contributed by atoms with van der Waals surface area (Å²) in [5.41, 5.74) is 5.83. The Morgan fingerprint density at radius 2 is 2.12 bits per heavy atom. The summed E-state index contributed by atoms with van der Waals surface area (Å²) in [6, 6.07) is 0.641. The Morgan fingerprint density at radius 1 is 1.50 bits per heavy atom. The van der Waals surface area contributed by atoms with Crippen LogP contribution in [0.1, 0.15) is 46.0 Å². The van der Waals surface area contributed by atoms with Crippen molar-refractivity contribution in [3.63, 3.8) is 0 Å². The van der Waals surface area contributed by atoms with Gasteiger partial charge in [-0.15, -0.1) is 11.8 Å². The van der Waals surface area contributed by atoms with Gasteiger partial charge in [-0.2, -0.15) is 0 Å². The lowest BCUT2D eigenvalue weighted by atomic mass is 10.2. The molecule has 1 saturated carbocycles. The lowest BCUT2D eigenvalue weighted by molar-refractivity contribution is -0.120. The Hall–Kier alpha value is -0.220. The van der Waals surface area contributed by atoms with Gasteiger partial charge in [0.1, 0.15) is 0 Å². The third-order valence-electron chi connectivity index (χ3n) is 3.16. The molecular formula is C12H24N2OS. The van der Waals surface area contributed by atoms with E-state index in [-0.39, 0.29) is 17.2 Å². The summed E-state index contributed by atoms with van der Waals surface area (Å²) in [7, 11) is 0. The number of carbonyl (C=O) groups is 1. The van der Waals surface area contributed by atoms with Crippen molar-refractivity contribution in [1.29, 1.82) is 0 Å². The van der Waals surface area contributed by atoms with E-state index >= 15 is 0 Å². The van der Waals surface area contributed by atoms with E-state index in [1.807, 2.05) is 6.92 Å². The monoisotopic (exact) mass is 244 g/mol. The summed E-state index contributed by atoms with van der Waals surface area (Å²) in [6.45, 7) is 4.05. The van der Waals surface area contributed by atoms with E-state index in [9.17, 15) is 4.79 Å². The number of hydrogen-bond acceptors (Lipinski definition) is 3. The van der Waals surface area contributed by atoms with Crippen molar-refractivity contribution in [3.8, 4) is 0 Å². The van der Waals surface area contributed by atoms with E-state index < -0.39 is 0 Å². The third-order valence-corrected chi connectivity index (χ3v) is 4.49. The van der Waals surface area contributed by atoms with Gasteiger partial charge in [-0.3, -0.25) is 4.79 Å². The summed E-state index contributed by atoms with van der Waals surface area (Å²) in [4.78, 5) is 11.8. The first-order chi connectivity index (χ1) is 7.63. The van der Waals surface area contributed by atoms with Gasteiger partial charge < -0.3 is 11.1 Å². The van der Waals surface area contributed by atoms with Crippen LogP contribution in [0.5, 0.6) is 0 Å². The molecule has 0 aliphatic heterocycles. The van der Waals surface area contributed by atoms with Gasteiger partial charge in [-0.1, -0.05) is 19.8 Å². The Bertz CT molecular complexity index is 217. The summed E-state index contributed by atoms with van der Waals surface area (Å²) in [5, 5.41) is 3.15. The van der Waals surface area contributed by atoms with Crippen molar-refractivity contribution < 1.29 is 4.79 Å². The molecule has 0 aromatic rings. The van der Waals surface area contributed by atoms with Crippen LogP contribution in [0.15, 0.2) is 0 Å². The standard InChI is InChI=1S/C12H24N2OS/c1-3-10(13)8-16-9(2)12(15)14-11-6-4-5-7-11/h9-11H,3-8,13H2,1-2H3,(H,14,15). The predicted octanol–water partition coefficient (Wildman–Crippen LogP) is 1.90. The van der Waals surface area contributed by atoms with Crippen molar-refractivity contribution >= 4 is 17.7 Å². The second kappa shape index (κ2) is 7.17. The molecule has 1 aliphatic carbocycles. The average molecular weight is 244 g/mol. The second-order valence-corrected chi connectivity index (χ2v) is 6.01. The molecule has 0 spiro atoms. The molecule has 1 fully saturated rings. The molecule has 1 aliphatic rings. The van der Waals surface area contributed by atoms with E-state index in [4.69, 9.17) is 5.73 Å². The van der Waals surface area contributed by atoms with Gasteiger partial charge >= 0.3 is 0 Å². The highest BCUT2D eigenvalue weighted by Crippen LogP contribution is 2.19. The predicted molar refractivity (Wildman–Crippen MR) is 70.6 cm³/mol. The number of carbonyl (C=O) groups excluding carboxylic acids is 1. The zero-order valence-corrected chi connectivity index (χ0v) is 11.2. The Morgan fingerprint density at radius 3 is 2.69 bits per heavy atom. The van der Waals surface area contributed by atoms with E-state index in [0.717, 1.165) is 25.0 Å². The largest absolute Gasteiger partial charge is 0.352 e. The fourth-order valence-electron chi connectivity index (χ4n) is 1.85. The molecule has 4 heteroatoms. The fraction of sp³-hybridized carbons (Fsp3) is 0.917. The highest BCUT2D eigenvalue weighted by atomic mass is 32.2. The van der Waals surface area contributed by atoms with Crippen molar-refractivity contribution in [2.45, 2.75) is 63.3 Å². The minimum absolute atomic E-state index is 0.0261. The SMILES string of the molecule is CCC(N)CSC(C)C(=O)NC1CCCC1. The first kappa shape index (κ1) is 13.8. The van der Waals surface area contributed by atoms with Crippen LogP contribution < -0.4 is 11.1 Å². The van der Waals surface area contributed by atoms with Gasteiger partial charge in [-0.25, -0.2) is 0 Å². The van der Waals surface area contributed by atoms with Gasteiger partial charge in [-0.05, 0) is 26.2 Å². The molecular weight excluding hydrogens is 220 g/mol. The van der Waals surface area contributed by atoms with Crippen LogP contribution in [0, 0.1) is 0 Å². The molecule has 3 nitrogen and oxygen atoms in total. The van der Waals surface area contributed by atoms with E-state index in [0.29, 0.717) is 6.04 Å². The third kappa shape index (κ3) is 4.74. The summed E-state index contributed by atoms with van der Waals surface area (Å²) in [5.74, 6) is 1.05. The first-order valence-corrected chi connectivity index (χ1v) is 7.36. The van der Waals surface area contributed by atoms with Crippen LogP contribution in [0.25, 0.3) is 0 Å². The lowest BCUT2D eigenvalue weighted by Crippen LogP contribution is -2.38. The average Bonchev–Trinajstić information content (AvgIpc) is 2.77. The van der Waals surface area contributed by atoms with Gasteiger partial charge in [0.25, 0.3) is 0 Å². The fourth-order valence-corrected chi connectivity index (χ4v) is 2.84. The number of nitrogens with one attached hydrogen (secondary N) is 1. The van der Waals surface area contributed by atoms with Crippen LogP contribution in [0.2, 0.25) is 0 Å². The Balaban J connectivity index is 2.19. The molecule has 0 aromatic heterocycles. The second-order valence-electron chi connectivity index (χ2n) is 4.63. The van der Waals surface area contributed by atoms with E-state index in [1.54, 1.807) is 11.8 Å². The maximum Gasteiger partial charge on any atom is 0.233 e. The minimum Gasteiger partial charge on any atom is -0.352 e. The molecule has 1 rings (SSSR count). The topological polar surface area (TPSA) is 55.1 Å². The molecule has 3 N–H and O–H groups in total. The van der Waals surface area contributed by atoms with E-state index in [1.165, 1.54) is 12.8 Å². The maximum absolute atomic E-state index is 11.8. The molecule has 0 bridgehead atoms. The number of nitrogens with two attached hydrogens (primary N) is 1. The molecule has 0 aromatic carbocycles. The number of rotatable bonds is 6. The molecule has 94 valence electrons. The van der Waals surface area contributed by atoms with Crippen LogP contribution in [-0.2, 0) is 4.79 Å². The zero-order valence-electron chi connectivity index (χ0n) is 10.4. The van der Waals surface area contributed by atoms with Gasteiger partial charge in [0, 0.05) is 17.8 Å². The van der Waals surface area contributed by atoms with Crippen LogP contribution >= 0.6 is 11.8 Å². The van der Waals surface area contributed by atoms with Crippen LogP contribution in [0.4, 0.5) is 0 Å². The lowest BCUT2D eigenvalue weighted by Gasteiger charge is -2.17. The first-order valence-electron chi connectivity index (χ1n) is 6.31. The molecule has 1 amide bonds. The van der Waals surface area contributed by atoms with Crippen LogP contribution in [-0.4, -0.2) is 29.0 Å². The van der Waals surface area contributed by atoms with Crippen molar-refractivity contribution in [1.82, 2.24) is 5.32 Å². The van der Waals surface area contributed by atoms with Gasteiger partial charge in [0.2, 0.25) is 5.91 Å². The minimum atomic E-state index is 0.0261. The summed E-state index contributed by atoms with van der Waals surface area (Å²) in [6.07, 6.45) is 5.79. The number of amides is 1. The molecule has 16 heavy (non-hydrogen) atoms. The molecule has 2 atom stereocenters. The normalized spacial score (nSPS) is 20.7. The van der Waals surface area contributed by atoms with Crippen LogP contribution in [0.3, 0.4) is 0 Å². The molecule has 0 heterocycles. The van der Waals surface area contributed by atoms with Crippen molar-refractivity contribution in [3.05, 3.63) is 0 Å². The number of hydrogen-bond donors (Lipinski definition) is 2. The smallest absolute Gasteiger partial charge is 0.233 e. The Labute approximate surface area is 103 Å². The van der Waals surface area contributed by atoms with E-state index in [2.05, 4.69) is 12.2 Å². The quantitative estimate of drug-likeness (QED) is 0.750. The Kier molecular flexibility index (Phi) is 6.21. The van der Waals surface area contributed by atoms with Crippen molar-refractivity contribution in [2.24, 2.45) is 5.73 Å². The molecule has 0 saturated heterocycles. The molecule has 2 unspecified atom stereocenters.